The van der Waals surface area contributed by atoms with Gasteiger partial charge in [0.1, 0.15) is 16.6 Å². The van der Waals surface area contributed by atoms with Gasteiger partial charge in [-0.1, -0.05) is 11.6 Å². The fourth-order valence-electron chi connectivity index (χ4n) is 2.94. The smallest absolute Gasteiger partial charge is 0.197 e. The number of aromatic nitrogens is 4. The van der Waals surface area contributed by atoms with Gasteiger partial charge in [0.2, 0.25) is 0 Å². The van der Waals surface area contributed by atoms with E-state index >= 15 is 0 Å². The van der Waals surface area contributed by atoms with Crippen LogP contribution in [-0.2, 0) is 0 Å². The summed E-state index contributed by atoms with van der Waals surface area (Å²) in [5.74, 6) is 1.34. The molecule has 2 atom stereocenters. The molecule has 0 amide bonds. The third kappa shape index (κ3) is 3.05. The summed E-state index contributed by atoms with van der Waals surface area (Å²) in [6.45, 7) is 0. The van der Waals surface area contributed by atoms with Gasteiger partial charge in [0, 0.05) is 24.8 Å². The highest BCUT2D eigenvalue weighted by Gasteiger charge is 2.40. The van der Waals surface area contributed by atoms with Crippen molar-refractivity contribution >= 4 is 11.6 Å². The van der Waals surface area contributed by atoms with Crippen LogP contribution in [0.3, 0.4) is 0 Å². The average molecular weight is 357 g/mol. The molecule has 0 N–H and O–H groups in total. The number of benzene rings is 1. The molecule has 0 spiro atoms. The lowest BCUT2D eigenvalue weighted by Crippen LogP contribution is -1.96. The van der Waals surface area contributed by atoms with Crippen molar-refractivity contribution in [1.82, 2.24) is 19.9 Å². The second-order valence-corrected chi connectivity index (χ2v) is 6.26. The fraction of sp³-hybridized carbons (Fsp3) is 0.222. The minimum atomic E-state index is -0.463. The van der Waals surface area contributed by atoms with E-state index in [-0.39, 0.29) is 16.9 Å². The third-order valence-corrected chi connectivity index (χ3v) is 4.69. The van der Waals surface area contributed by atoms with Crippen LogP contribution in [0.5, 0.6) is 5.75 Å². The minimum absolute atomic E-state index is 0.0130. The Morgan fingerprint density at radius 1 is 1.00 bits per heavy atom. The van der Waals surface area contributed by atoms with Gasteiger partial charge < -0.3 is 4.74 Å². The van der Waals surface area contributed by atoms with Crippen molar-refractivity contribution in [2.45, 2.75) is 18.3 Å². The molecule has 1 aliphatic carbocycles. The molecule has 2 unspecified atom stereocenters. The molecule has 1 saturated carbocycles. The molecule has 2 heterocycles. The summed E-state index contributed by atoms with van der Waals surface area (Å²) in [4.78, 5) is 17.0. The van der Waals surface area contributed by atoms with Gasteiger partial charge >= 0.3 is 0 Å². The second kappa shape index (κ2) is 6.37. The highest BCUT2D eigenvalue weighted by atomic mass is 35.5. The number of halogens is 2. The van der Waals surface area contributed by atoms with Crippen LogP contribution >= 0.6 is 11.6 Å². The Labute approximate surface area is 148 Å². The zero-order valence-electron chi connectivity index (χ0n) is 13.4. The lowest BCUT2D eigenvalue weighted by molar-refractivity contribution is 0.411. The minimum Gasteiger partial charge on any atom is -0.495 e. The molecule has 5 nitrogen and oxygen atoms in total. The summed E-state index contributed by atoms with van der Waals surface area (Å²) in [5, 5.41) is 0.0130. The van der Waals surface area contributed by atoms with Gasteiger partial charge in [-0.05, 0) is 47.6 Å². The maximum absolute atomic E-state index is 13.9. The van der Waals surface area contributed by atoms with Gasteiger partial charge in [-0.25, -0.2) is 24.3 Å². The fourth-order valence-corrected chi connectivity index (χ4v) is 3.12. The number of methoxy groups -OCH3 is 1. The molecule has 4 rings (SSSR count). The number of hydrogen-bond acceptors (Lipinski definition) is 5. The molecule has 0 saturated heterocycles. The quantitative estimate of drug-likeness (QED) is 0.707. The van der Waals surface area contributed by atoms with Gasteiger partial charge in [-0.2, -0.15) is 0 Å². The number of rotatable bonds is 4. The summed E-state index contributed by atoms with van der Waals surface area (Å²) in [6, 6.07) is 5.01. The van der Waals surface area contributed by atoms with Gasteiger partial charge in [0.15, 0.2) is 11.6 Å². The van der Waals surface area contributed by atoms with Crippen LogP contribution in [0.25, 0.3) is 11.6 Å². The summed E-state index contributed by atoms with van der Waals surface area (Å²) in [7, 11) is 1.48. The van der Waals surface area contributed by atoms with E-state index in [2.05, 4.69) is 19.9 Å². The van der Waals surface area contributed by atoms with Crippen LogP contribution in [-0.4, -0.2) is 27.0 Å². The van der Waals surface area contributed by atoms with Gasteiger partial charge in [-0.15, -0.1) is 0 Å². The van der Waals surface area contributed by atoms with Crippen molar-refractivity contribution in [3.05, 3.63) is 65.0 Å². The Kier molecular flexibility index (Phi) is 4.05. The van der Waals surface area contributed by atoms with Crippen molar-refractivity contribution < 1.29 is 9.13 Å². The van der Waals surface area contributed by atoms with Crippen LogP contribution in [0.4, 0.5) is 4.39 Å². The van der Waals surface area contributed by atoms with Crippen molar-refractivity contribution in [2.24, 2.45) is 0 Å². The summed E-state index contributed by atoms with van der Waals surface area (Å²) in [5.41, 5.74) is 1.89. The van der Waals surface area contributed by atoms with Crippen LogP contribution in [0.1, 0.15) is 29.4 Å². The third-order valence-electron chi connectivity index (χ3n) is 4.32. The van der Waals surface area contributed by atoms with Crippen molar-refractivity contribution in [1.29, 1.82) is 0 Å². The summed E-state index contributed by atoms with van der Waals surface area (Å²) in [6.07, 6.45) is 7.78. The van der Waals surface area contributed by atoms with Gasteiger partial charge in [0.25, 0.3) is 0 Å². The van der Waals surface area contributed by atoms with Crippen molar-refractivity contribution in [3.8, 4) is 17.4 Å². The summed E-state index contributed by atoms with van der Waals surface area (Å²) < 4.78 is 19.1. The molecule has 3 aromatic rings. The standard InChI is InChI=1S/C18H14ClFN4O/c1-25-15-6-10(5-14(20)16(15)19)12-7-13(12)11-8-23-18(24-9-11)17-21-3-2-4-22-17/h2-6,8-9,12-13H,7H2,1H3. The van der Waals surface area contributed by atoms with Crippen LogP contribution in [0.15, 0.2) is 43.0 Å². The molecule has 0 radical (unpaired) electrons. The first-order valence-corrected chi connectivity index (χ1v) is 8.17. The van der Waals surface area contributed by atoms with E-state index in [4.69, 9.17) is 16.3 Å². The molecule has 1 aliphatic rings. The first kappa shape index (κ1) is 15.9. The number of ether oxygens (including phenoxy) is 1. The zero-order chi connectivity index (χ0) is 17.4. The lowest BCUT2D eigenvalue weighted by Gasteiger charge is -2.08. The van der Waals surface area contributed by atoms with Crippen molar-refractivity contribution in [3.63, 3.8) is 0 Å². The monoisotopic (exact) mass is 356 g/mol. The van der Waals surface area contributed by atoms with E-state index < -0.39 is 5.82 Å². The van der Waals surface area contributed by atoms with E-state index in [9.17, 15) is 4.39 Å². The molecule has 0 bridgehead atoms. The Bertz CT molecular complexity index is 905. The van der Waals surface area contributed by atoms with Crippen molar-refractivity contribution in [2.75, 3.05) is 7.11 Å². The zero-order valence-corrected chi connectivity index (χ0v) is 14.1. The Hall–Kier alpha value is -2.60. The Morgan fingerprint density at radius 2 is 1.64 bits per heavy atom. The summed E-state index contributed by atoms with van der Waals surface area (Å²) >= 11 is 5.89. The maximum Gasteiger partial charge on any atom is 0.197 e. The first-order valence-electron chi connectivity index (χ1n) is 7.79. The first-order chi connectivity index (χ1) is 12.2. The largest absolute Gasteiger partial charge is 0.495 e. The van der Waals surface area contributed by atoms with Crippen LogP contribution in [0.2, 0.25) is 5.02 Å². The van der Waals surface area contributed by atoms with E-state index in [1.807, 2.05) is 0 Å². The molecule has 126 valence electrons. The Morgan fingerprint density at radius 3 is 2.32 bits per heavy atom. The molecule has 1 aromatic carbocycles. The molecule has 7 heteroatoms. The second-order valence-electron chi connectivity index (χ2n) is 5.88. The van der Waals surface area contributed by atoms with Gasteiger partial charge in [0.05, 0.1) is 7.11 Å². The number of nitrogens with zero attached hydrogens (tertiary/aromatic N) is 4. The molecular formula is C18H14ClFN4O. The molecule has 1 fully saturated rings. The average Bonchev–Trinajstić information content (AvgIpc) is 3.45. The predicted octanol–water partition coefficient (Wildman–Crippen LogP) is 4.01. The maximum atomic E-state index is 13.9. The van der Waals surface area contributed by atoms with E-state index in [0.717, 1.165) is 17.5 Å². The Balaban J connectivity index is 1.55. The topological polar surface area (TPSA) is 60.8 Å². The van der Waals surface area contributed by atoms with Gasteiger partial charge in [-0.3, -0.25) is 0 Å². The normalized spacial score (nSPS) is 18.8. The van der Waals surface area contributed by atoms with E-state index in [1.165, 1.54) is 13.2 Å². The molecular weight excluding hydrogens is 343 g/mol. The highest BCUT2D eigenvalue weighted by Crippen LogP contribution is 2.55. The molecule has 0 aliphatic heterocycles. The highest BCUT2D eigenvalue weighted by molar-refractivity contribution is 6.32. The molecule has 2 aromatic heterocycles. The van der Waals surface area contributed by atoms with E-state index in [0.29, 0.717) is 17.4 Å². The van der Waals surface area contributed by atoms with E-state index in [1.54, 1.807) is 36.9 Å². The molecule has 25 heavy (non-hydrogen) atoms. The number of hydrogen-bond donors (Lipinski definition) is 0. The SMILES string of the molecule is COc1cc(C2CC2c2cnc(-c3ncccn3)nc2)cc(F)c1Cl. The predicted molar refractivity (Wildman–Crippen MR) is 91.1 cm³/mol. The lowest BCUT2D eigenvalue weighted by atomic mass is 10.1. The van der Waals surface area contributed by atoms with Crippen LogP contribution < -0.4 is 4.74 Å². The van der Waals surface area contributed by atoms with Crippen LogP contribution in [0, 0.1) is 5.82 Å².